The van der Waals surface area contributed by atoms with Crippen molar-refractivity contribution in [3.8, 4) is 11.9 Å². The second-order valence-electron chi connectivity index (χ2n) is 1.37. The van der Waals surface area contributed by atoms with Crippen LogP contribution in [-0.2, 0) is 0 Å². The topological polar surface area (TPSA) is 59.8 Å². The Morgan fingerprint density at radius 1 is 1.62 bits per heavy atom. The molecule has 0 aliphatic heterocycles. The number of nitrogens with one attached hydrogen (secondary N) is 1. The molecule has 1 rings (SSSR count). The fourth-order valence-electron chi connectivity index (χ4n) is 0.449. The summed E-state index contributed by atoms with van der Waals surface area (Å²) in [6.07, 6.45) is 0. The van der Waals surface area contributed by atoms with Crippen molar-refractivity contribution in [2.24, 2.45) is 0 Å². The van der Waals surface area contributed by atoms with Crippen LogP contribution in [0.2, 0.25) is 0 Å². The molecule has 0 unspecified atom stereocenters. The molecule has 3 heteroatoms. The van der Waals surface area contributed by atoms with Gasteiger partial charge in [-0.05, 0) is 6.07 Å². The molecular formula is C5H4N2O. The Kier molecular flexibility index (Phi) is 0.935. The maximum atomic E-state index is 8.58. The molecule has 1 aromatic heterocycles. The van der Waals surface area contributed by atoms with Crippen LogP contribution in [-0.4, -0.2) is 10.1 Å². The zero-order chi connectivity index (χ0) is 5.98. The zero-order valence-corrected chi connectivity index (χ0v) is 4.05. The molecule has 0 saturated heterocycles. The number of hydrogen-bond acceptors (Lipinski definition) is 2. The minimum atomic E-state index is 0.0292. The zero-order valence-electron chi connectivity index (χ0n) is 4.05. The van der Waals surface area contributed by atoms with Crippen LogP contribution in [0, 0.1) is 11.3 Å². The number of hydrogen-bond donors (Lipinski definition) is 2. The van der Waals surface area contributed by atoms with E-state index in [0.29, 0.717) is 5.69 Å². The first-order valence-corrected chi connectivity index (χ1v) is 2.11. The largest absolute Gasteiger partial charge is 0.495 e. The number of aromatic nitrogens is 1. The average molecular weight is 108 g/mol. The molecule has 3 nitrogen and oxygen atoms in total. The SMILES string of the molecule is N#Cc1ccc(O)[nH]1. The van der Waals surface area contributed by atoms with E-state index in [1.165, 1.54) is 12.1 Å². The third-order valence-corrected chi connectivity index (χ3v) is 0.791. The molecule has 8 heavy (non-hydrogen) atoms. The van der Waals surface area contributed by atoms with E-state index >= 15 is 0 Å². The molecule has 0 aromatic carbocycles. The number of aromatic amines is 1. The van der Waals surface area contributed by atoms with E-state index in [1.54, 1.807) is 0 Å². The lowest BCUT2D eigenvalue weighted by atomic mass is 10.5. The van der Waals surface area contributed by atoms with Gasteiger partial charge in [0.2, 0.25) is 0 Å². The van der Waals surface area contributed by atoms with Gasteiger partial charge in [0.25, 0.3) is 0 Å². The first-order chi connectivity index (χ1) is 3.83. The van der Waals surface area contributed by atoms with Crippen molar-refractivity contribution in [1.82, 2.24) is 4.98 Å². The van der Waals surface area contributed by atoms with Crippen LogP contribution in [0.3, 0.4) is 0 Å². The van der Waals surface area contributed by atoms with Crippen molar-refractivity contribution in [2.45, 2.75) is 0 Å². The Morgan fingerprint density at radius 3 is 2.62 bits per heavy atom. The van der Waals surface area contributed by atoms with Gasteiger partial charge in [-0.3, -0.25) is 0 Å². The smallest absolute Gasteiger partial charge is 0.189 e. The normalized spacial score (nSPS) is 8.38. The molecule has 0 bridgehead atoms. The predicted octanol–water partition coefficient (Wildman–Crippen LogP) is 0.592. The summed E-state index contributed by atoms with van der Waals surface area (Å²) in [4.78, 5) is 2.42. The molecule has 0 saturated carbocycles. The highest BCUT2D eigenvalue weighted by Crippen LogP contribution is 2.04. The van der Waals surface area contributed by atoms with E-state index in [4.69, 9.17) is 10.4 Å². The maximum absolute atomic E-state index is 8.58. The van der Waals surface area contributed by atoms with Gasteiger partial charge in [0.15, 0.2) is 5.88 Å². The molecule has 0 amide bonds. The summed E-state index contributed by atoms with van der Waals surface area (Å²) in [6, 6.07) is 4.77. The van der Waals surface area contributed by atoms with E-state index < -0.39 is 0 Å². The van der Waals surface area contributed by atoms with Gasteiger partial charge in [-0.25, -0.2) is 0 Å². The van der Waals surface area contributed by atoms with Gasteiger partial charge in [-0.15, -0.1) is 0 Å². The Labute approximate surface area is 46.2 Å². The van der Waals surface area contributed by atoms with Crippen LogP contribution in [0.25, 0.3) is 0 Å². The molecule has 1 heterocycles. The Bertz CT molecular complexity index is 221. The molecule has 0 spiro atoms. The van der Waals surface area contributed by atoms with E-state index in [2.05, 4.69) is 4.98 Å². The van der Waals surface area contributed by atoms with Gasteiger partial charge >= 0.3 is 0 Å². The summed E-state index contributed by atoms with van der Waals surface area (Å²) >= 11 is 0. The molecule has 0 radical (unpaired) electrons. The highest BCUT2D eigenvalue weighted by Gasteiger charge is 1.90. The number of aromatic hydroxyl groups is 1. The molecule has 2 N–H and O–H groups in total. The molecule has 0 atom stereocenters. The summed E-state index contributed by atoms with van der Waals surface area (Å²) in [6.45, 7) is 0. The van der Waals surface area contributed by atoms with Crippen LogP contribution >= 0.6 is 0 Å². The second-order valence-corrected chi connectivity index (χ2v) is 1.37. The lowest BCUT2D eigenvalue weighted by molar-refractivity contribution is 0.456. The number of rotatable bonds is 0. The van der Waals surface area contributed by atoms with Gasteiger partial charge in [0.1, 0.15) is 11.8 Å². The summed E-state index contributed by atoms with van der Waals surface area (Å²) in [7, 11) is 0. The average Bonchev–Trinajstić information content (AvgIpc) is 2.14. The summed E-state index contributed by atoms with van der Waals surface area (Å²) < 4.78 is 0. The fourth-order valence-corrected chi connectivity index (χ4v) is 0.449. The molecule has 0 fully saturated rings. The molecule has 0 aliphatic carbocycles. The van der Waals surface area contributed by atoms with Crippen LogP contribution in [0.1, 0.15) is 5.69 Å². The van der Waals surface area contributed by atoms with E-state index in [-0.39, 0.29) is 5.88 Å². The second kappa shape index (κ2) is 1.58. The van der Waals surface area contributed by atoms with Crippen molar-refractivity contribution in [3.63, 3.8) is 0 Å². The standard InChI is InChI=1S/C5H4N2O/c6-3-4-1-2-5(8)7-4/h1-2,7-8H. The Balaban J connectivity index is 3.05. The summed E-state index contributed by atoms with van der Waals surface area (Å²) in [5.41, 5.74) is 0.377. The summed E-state index contributed by atoms with van der Waals surface area (Å²) in [5, 5.41) is 16.7. The van der Waals surface area contributed by atoms with Gasteiger partial charge in [0, 0.05) is 6.07 Å². The third kappa shape index (κ3) is 0.636. The van der Waals surface area contributed by atoms with Gasteiger partial charge in [0.05, 0.1) is 0 Å². The lowest BCUT2D eigenvalue weighted by Crippen LogP contribution is -1.66. The molecular weight excluding hydrogens is 104 g/mol. The fraction of sp³-hybridized carbons (Fsp3) is 0. The van der Waals surface area contributed by atoms with Crippen LogP contribution in [0.15, 0.2) is 12.1 Å². The number of nitrogens with zero attached hydrogens (tertiary/aromatic N) is 1. The number of H-pyrrole nitrogens is 1. The lowest BCUT2D eigenvalue weighted by Gasteiger charge is -1.75. The van der Waals surface area contributed by atoms with Gasteiger partial charge in [-0.2, -0.15) is 5.26 Å². The van der Waals surface area contributed by atoms with Crippen LogP contribution < -0.4 is 0 Å². The first kappa shape index (κ1) is 4.72. The van der Waals surface area contributed by atoms with Gasteiger partial charge < -0.3 is 10.1 Å². The minimum absolute atomic E-state index is 0.0292. The number of nitriles is 1. The molecule has 1 aromatic rings. The van der Waals surface area contributed by atoms with Crippen LogP contribution in [0.4, 0.5) is 0 Å². The maximum Gasteiger partial charge on any atom is 0.189 e. The monoisotopic (exact) mass is 108 g/mol. The van der Waals surface area contributed by atoms with E-state index in [0.717, 1.165) is 0 Å². The Hall–Kier alpha value is -1.43. The first-order valence-electron chi connectivity index (χ1n) is 2.11. The third-order valence-electron chi connectivity index (χ3n) is 0.791. The highest BCUT2D eigenvalue weighted by atomic mass is 16.3. The van der Waals surface area contributed by atoms with Crippen molar-refractivity contribution in [1.29, 1.82) is 5.26 Å². The Morgan fingerprint density at radius 2 is 2.38 bits per heavy atom. The van der Waals surface area contributed by atoms with Gasteiger partial charge in [-0.1, -0.05) is 0 Å². The van der Waals surface area contributed by atoms with E-state index in [9.17, 15) is 0 Å². The molecule has 40 valence electrons. The van der Waals surface area contributed by atoms with Crippen molar-refractivity contribution in [3.05, 3.63) is 17.8 Å². The van der Waals surface area contributed by atoms with E-state index in [1.807, 2.05) is 6.07 Å². The minimum Gasteiger partial charge on any atom is -0.495 e. The van der Waals surface area contributed by atoms with Crippen molar-refractivity contribution >= 4 is 0 Å². The van der Waals surface area contributed by atoms with Crippen molar-refractivity contribution < 1.29 is 5.11 Å². The van der Waals surface area contributed by atoms with Crippen LogP contribution in [0.5, 0.6) is 5.88 Å². The molecule has 0 aliphatic rings. The highest BCUT2D eigenvalue weighted by molar-refractivity contribution is 5.26. The predicted molar refractivity (Wildman–Crippen MR) is 27.2 cm³/mol. The van der Waals surface area contributed by atoms with Crippen molar-refractivity contribution in [2.75, 3.05) is 0 Å². The summed E-state index contributed by atoms with van der Waals surface area (Å²) in [5.74, 6) is 0.0292. The quantitative estimate of drug-likeness (QED) is 0.511.